The maximum atomic E-state index is 13.1. The van der Waals surface area contributed by atoms with Crippen LogP contribution < -0.4 is 11.1 Å². The molecule has 1 aliphatic heterocycles. The predicted molar refractivity (Wildman–Crippen MR) is 130 cm³/mol. The normalized spacial score (nSPS) is 16.0. The van der Waals surface area contributed by atoms with Gasteiger partial charge in [-0.2, -0.15) is 0 Å². The molecule has 2 aromatic carbocycles. The maximum absolute atomic E-state index is 13.1. The second kappa shape index (κ2) is 13.0. The minimum Gasteiger partial charge on any atom is -0.356 e. The molecule has 1 unspecified atom stereocenters. The van der Waals surface area contributed by atoms with Gasteiger partial charge in [-0.05, 0) is 55.3 Å². The van der Waals surface area contributed by atoms with E-state index in [0.717, 1.165) is 69.2 Å². The highest BCUT2D eigenvalue weighted by molar-refractivity contribution is 5.81. The number of hydrogen-bond acceptors (Lipinski definition) is 3. The van der Waals surface area contributed by atoms with Gasteiger partial charge in [-0.15, -0.1) is 0 Å². The van der Waals surface area contributed by atoms with E-state index in [-0.39, 0.29) is 17.9 Å². The molecular formula is C27H37N3O2. The summed E-state index contributed by atoms with van der Waals surface area (Å²) in [4.78, 5) is 27.4. The van der Waals surface area contributed by atoms with Crippen LogP contribution in [0, 0.1) is 0 Å². The van der Waals surface area contributed by atoms with Crippen molar-refractivity contribution in [3.05, 3.63) is 60.2 Å². The maximum Gasteiger partial charge on any atom is 0.227 e. The van der Waals surface area contributed by atoms with Gasteiger partial charge in [-0.1, -0.05) is 67.4 Å². The van der Waals surface area contributed by atoms with Crippen LogP contribution in [0.15, 0.2) is 54.6 Å². The molecule has 1 atom stereocenters. The van der Waals surface area contributed by atoms with Crippen LogP contribution in [0.3, 0.4) is 0 Å². The molecular weight excluding hydrogens is 398 g/mol. The Morgan fingerprint density at radius 3 is 2.38 bits per heavy atom. The Bertz CT molecular complexity index is 836. The van der Waals surface area contributed by atoms with E-state index in [2.05, 4.69) is 29.6 Å². The largest absolute Gasteiger partial charge is 0.356 e. The van der Waals surface area contributed by atoms with Crippen LogP contribution in [-0.2, 0) is 16.0 Å². The van der Waals surface area contributed by atoms with Gasteiger partial charge in [0.1, 0.15) is 0 Å². The third kappa shape index (κ3) is 7.49. The van der Waals surface area contributed by atoms with E-state index >= 15 is 0 Å². The lowest BCUT2D eigenvalue weighted by atomic mass is 9.97. The molecule has 5 heteroatoms. The number of piperidine rings is 1. The lowest BCUT2D eigenvalue weighted by Gasteiger charge is -2.35. The van der Waals surface area contributed by atoms with Gasteiger partial charge in [0.05, 0.1) is 6.42 Å². The second-order valence-corrected chi connectivity index (χ2v) is 8.73. The molecule has 0 aromatic heterocycles. The molecule has 3 rings (SSSR count). The van der Waals surface area contributed by atoms with Gasteiger partial charge < -0.3 is 16.0 Å². The average Bonchev–Trinajstić information content (AvgIpc) is 2.82. The number of nitrogens with one attached hydrogen (secondary N) is 1. The van der Waals surface area contributed by atoms with Gasteiger partial charge >= 0.3 is 0 Å². The Morgan fingerprint density at radius 1 is 0.906 bits per heavy atom. The summed E-state index contributed by atoms with van der Waals surface area (Å²) in [5.74, 6) is 0.178. The van der Waals surface area contributed by atoms with Crippen LogP contribution in [-0.4, -0.2) is 42.4 Å². The third-order valence-electron chi connectivity index (χ3n) is 6.24. The smallest absolute Gasteiger partial charge is 0.227 e. The van der Waals surface area contributed by atoms with Crippen molar-refractivity contribution in [2.45, 2.75) is 63.8 Å². The Labute approximate surface area is 192 Å². The van der Waals surface area contributed by atoms with Crippen molar-refractivity contribution < 1.29 is 9.59 Å². The number of rotatable bonds is 11. The zero-order chi connectivity index (χ0) is 22.6. The Hall–Kier alpha value is -2.66. The monoisotopic (exact) mass is 435 g/mol. The van der Waals surface area contributed by atoms with Crippen LogP contribution in [0.1, 0.15) is 56.9 Å². The molecule has 2 aromatic rings. The van der Waals surface area contributed by atoms with Crippen molar-refractivity contribution in [1.82, 2.24) is 10.2 Å². The zero-order valence-corrected chi connectivity index (χ0v) is 19.1. The van der Waals surface area contributed by atoms with Crippen LogP contribution in [0.5, 0.6) is 0 Å². The molecule has 5 nitrogen and oxygen atoms in total. The topological polar surface area (TPSA) is 75.4 Å². The Balaban J connectivity index is 1.49. The van der Waals surface area contributed by atoms with Crippen LogP contribution >= 0.6 is 0 Å². The number of carbonyl (C=O) groups excluding carboxylic acids is 2. The molecule has 32 heavy (non-hydrogen) atoms. The van der Waals surface area contributed by atoms with Crippen LogP contribution in [0.2, 0.25) is 0 Å². The van der Waals surface area contributed by atoms with Crippen LogP contribution in [0.4, 0.5) is 0 Å². The highest BCUT2D eigenvalue weighted by Gasteiger charge is 2.28. The van der Waals surface area contributed by atoms with Gasteiger partial charge in [0.15, 0.2) is 0 Å². The average molecular weight is 436 g/mol. The number of carbonyl (C=O) groups is 2. The molecule has 1 fully saturated rings. The van der Waals surface area contributed by atoms with E-state index < -0.39 is 0 Å². The SMILES string of the molecule is NCCCCCCNC(=O)CC1CCCCN1C(=O)Cc1ccc(-c2ccccc2)cc1. The highest BCUT2D eigenvalue weighted by atomic mass is 16.2. The van der Waals surface area contributed by atoms with Crippen LogP contribution in [0.25, 0.3) is 11.1 Å². The third-order valence-corrected chi connectivity index (χ3v) is 6.24. The molecule has 0 saturated carbocycles. The minimum absolute atomic E-state index is 0.0112. The summed E-state index contributed by atoms with van der Waals surface area (Å²) in [7, 11) is 0. The molecule has 0 bridgehead atoms. The van der Waals surface area contributed by atoms with Crippen molar-refractivity contribution in [2.75, 3.05) is 19.6 Å². The summed E-state index contributed by atoms with van der Waals surface area (Å²) in [6.07, 6.45) is 8.02. The first-order valence-corrected chi connectivity index (χ1v) is 12.1. The number of nitrogens with zero attached hydrogens (tertiary/aromatic N) is 1. The molecule has 1 aliphatic rings. The quantitative estimate of drug-likeness (QED) is 0.517. The molecule has 3 N–H and O–H groups in total. The first kappa shape index (κ1) is 24.0. The number of amides is 2. The van der Waals surface area contributed by atoms with Crippen molar-refractivity contribution in [2.24, 2.45) is 5.73 Å². The Kier molecular flexibility index (Phi) is 9.76. The number of unbranched alkanes of at least 4 members (excludes halogenated alkanes) is 3. The van der Waals surface area contributed by atoms with E-state index in [1.807, 2.05) is 35.2 Å². The van der Waals surface area contributed by atoms with E-state index in [1.165, 1.54) is 5.56 Å². The standard InChI is InChI=1S/C27H37N3O2/c28-17-7-1-2-8-18-29-26(31)21-25-12-6-9-19-30(25)27(32)20-22-13-15-24(16-14-22)23-10-4-3-5-11-23/h3-5,10-11,13-16,25H,1-2,6-9,12,17-21,28H2,(H,29,31). The van der Waals surface area contributed by atoms with E-state index in [0.29, 0.717) is 19.4 Å². The molecule has 0 radical (unpaired) electrons. The number of hydrogen-bond donors (Lipinski definition) is 2. The summed E-state index contributed by atoms with van der Waals surface area (Å²) < 4.78 is 0. The van der Waals surface area contributed by atoms with Gasteiger partial charge in [0.2, 0.25) is 11.8 Å². The summed E-state index contributed by atoms with van der Waals surface area (Å²) in [6.45, 7) is 2.19. The summed E-state index contributed by atoms with van der Waals surface area (Å²) in [6, 6.07) is 18.5. The first-order valence-electron chi connectivity index (χ1n) is 12.1. The fraction of sp³-hybridized carbons (Fsp3) is 0.481. The van der Waals surface area contributed by atoms with Gasteiger partial charge in [-0.25, -0.2) is 0 Å². The van der Waals surface area contributed by atoms with Crippen molar-refractivity contribution >= 4 is 11.8 Å². The molecule has 0 spiro atoms. The van der Waals surface area contributed by atoms with Crippen molar-refractivity contribution in [3.8, 4) is 11.1 Å². The highest BCUT2D eigenvalue weighted by Crippen LogP contribution is 2.23. The fourth-order valence-corrected chi connectivity index (χ4v) is 4.40. The van der Waals surface area contributed by atoms with Crippen molar-refractivity contribution in [3.63, 3.8) is 0 Å². The van der Waals surface area contributed by atoms with E-state index in [1.54, 1.807) is 0 Å². The second-order valence-electron chi connectivity index (χ2n) is 8.73. The van der Waals surface area contributed by atoms with Gasteiger partial charge in [0, 0.05) is 25.6 Å². The fourth-order valence-electron chi connectivity index (χ4n) is 4.40. The summed E-state index contributed by atoms with van der Waals surface area (Å²) >= 11 is 0. The lowest BCUT2D eigenvalue weighted by molar-refractivity contribution is -0.135. The van der Waals surface area contributed by atoms with Gasteiger partial charge in [0.25, 0.3) is 0 Å². The number of likely N-dealkylation sites (tertiary alicyclic amines) is 1. The number of nitrogens with two attached hydrogens (primary N) is 1. The lowest BCUT2D eigenvalue weighted by Crippen LogP contribution is -2.46. The van der Waals surface area contributed by atoms with Gasteiger partial charge in [-0.3, -0.25) is 9.59 Å². The number of benzene rings is 2. The molecule has 1 saturated heterocycles. The molecule has 0 aliphatic carbocycles. The molecule has 1 heterocycles. The van der Waals surface area contributed by atoms with Crippen molar-refractivity contribution in [1.29, 1.82) is 0 Å². The molecule has 172 valence electrons. The first-order chi connectivity index (χ1) is 15.7. The summed E-state index contributed by atoms with van der Waals surface area (Å²) in [5, 5.41) is 3.03. The minimum atomic E-state index is 0.0112. The van der Waals surface area contributed by atoms with E-state index in [9.17, 15) is 9.59 Å². The molecule has 2 amide bonds. The Morgan fingerprint density at radius 2 is 1.62 bits per heavy atom. The predicted octanol–water partition coefficient (Wildman–Crippen LogP) is 4.30. The zero-order valence-electron chi connectivity index (χ0n) is 19.1. The van der Waals surface area contributed by atoms with E-state index in [4.69, 9.17) is 5.73 Å². The summed E-state index contributed by atoms with van der Waals surface area (Å²) in [5.41, 5.74) is 8.85.